The van der Waals surface area contributed by atoms with Gasteiger partial charge >= 0.3 is 0 Å². The molecule has 0 N–H and O–H groups in total. The van der Waals surface area contributed by atoms with Gasteiger partial charge in [-0.1, -0.05) is 22.9 Å². The Morgan fingerprint density at radius 2 is 1.93 bits per heavy atom. The minimum atomic E-state index is 1.00. The second kappa shape index (κ2) is 4.19. The van der Waals surface area contributed by atoms with Gasteiger partial charge in [0.2, 0.25) is 0 Å². The highest BCUT2D eigenvalue weighted by molar-refractivity contribution is 9.10. The Balaban J connectivity index is 2.49. The van der Waals surface area contributed by atoms with Gasteiger partial charge in [-0.05, 0) is 43.2 Å². The summed E-state index contributed by atoms with van der Waals surface area (Å²) in [5.74, 6) is 0. The molecule has 0 fully saturated rings. The predicted octanol–water partition coefficient (Wildman–Crippen LogP) is 3.51. The highest BCUT2D eigenvalue weighted by Crippen LogP contribution is 2.17. The minimum Gasteiger partial charge on any atom is -0.238 e. The first kappa shape index (κ1) is 10.4. The van der Waals surface area contributed by atoms with E-state index in [-0.39, 0.29) is 0 Å². The molecule has 0 bridgehead atoms. The third-order valence-electron chi connectivity index (χ3n) is 2.48. The van der Waals surface area contributed by atoms with E-state index in [2.05, 4.69) is 47.0 Å². The third-order valence-corrected chi connectivity index (χ3v) is 3.01. The van der Waals surface area contributed by atoms with Gasteiger partial charge < -0.3 is 0 Å². The number of aryl methyl sites for hydroxylation is 1. The Hall–Kier alpha value is -1.09. The number of rotatable bonds is 2. The van der Waals surface area contributed by atoms with Gasteiger partial charge in [0.15, 0.2) is 0 Å². The average molecular weight is 265 g/mol. The Bertz CT molecular complexity index is 457. The van der Waals surface area contributed by atoms with Crippen molar-refractivity contribution in [3.8, 4) is 5.69 Å². The zero-order valence-electron chi connectivity index (χ0n) is 8.87. The maximum absolute atomic E-state index is 4.39. The van der Waals surface area contributed by atoms with Crippen LogP contribution in [-0.2, 0) is 6.42 Å². The monoisotopic (exact) mass is 264 g/mol. The van der Waals surface area contributed by atoms with Gasteiger partial charge in [-0.25, -0.2) is 4.68 Å². The lowest BCUT2D eigenvalue weighted by Gasteiger charge is -2.06. The first-order valence-electron chi connectivity index (χ1n) is 5.02. The molecule has 0 amide bonds. The first-order valence-corrected chi connectivity index (χ1v) is 5.81. The highest BCUT2D eigenvalue weighted by Gasteiger charge is 2.06. The summed E-state index contributed by atoms with van der Waals surface area (Å²) < 4.78 is 3.09. The van der Waals surface area contributed by atoms with Crippen molar-refractivity contribution in [3.63, 3.8) is 0 Å². The van der Waals surface area contributed by atoms with Gasteiger partial charge in [-0.3, -0.25) is 0 Å². The van der Waals surface area contributed by atoms with Crippen molar-refractivity contribution < 1.29 is 0 Å². The maximum atomic E-state index is 4.39. The first-order chi connectivity index (χ1) is 7.22. The molecule has 15 heavy (non-hydrogen) atoms. The summed E-state index contributed by atoms with van der Waals surface area (Å²) in [6, 6.07) is 8.20. The van der Waals surface area contributed by atoms with Crippen LogP contribution >= 0.6 is 15.9 Å². The largest absolute Gasteiger partial charge is 0.238 e. The summed E-state index contributed by atoms with van der Waals surface area (Å²) in [4.78, 5) is 0. The average Bonchev–Trinajstić information content (AvgIpc) is 2.61. The predicted molar refractivity (Wildman–Crippen MR) is 65.4 cm³/mol. The van der Waals surface area contributed by atoms with Crippen molar-refractivity contribution in [1.29, 1.82) is 0 Å². The number of nitrogens with zero attached hydrogens (tertiary/aromatic N) is 2. The SMILES string of the molecule is CCc1c(C)cnn1-c1ccc(Br)cc1. The van der Waals surface area contributed by atoms with E-state index in [0.717, 1.165) is 16.6 Å². The minimum absolute atomic E-state index is 1.00. The van der Waals surface area contributed by atoms with Crippen LogP contribution in [0, 0.1) is 6.92 Å². The van der Waals surface area contributed by atoms with Crippen LogP contribution in [0.1, 0.15) is 18.2 Å². The molecular formula is C12H13BrN2. The lowest BCUT2D eigenvalue weighted by atomic mass is 10.2. The van der Waals surface area contributed by atoms with E-state index in [0.29, 0.717) is 0 Å². The Labute approximate surface area is 98.1 Å². The van der Waals surface area contributed by atoms with Crippen molar-refractivity contribution in [2.24, 2.45) is 0 Å². The molecule has 0 spiro atoms. The van der Waals surface area contributed by atoms with Crippen LogP contribution in [0.15, 0.2) is 34.9 Å². The number of halogens is 1. The fourth-order valence-corrected chi connectivity index (χ4v) is 1.95. The van der Waals surface area contributed by atoms with Crippen LogP contribution in [0.3, 0.4) is 0 Å². The molecule has 2 rings (SSSR count). The van der Waals surface area contributed by atoms with Crippen molar-refractivity contribution >= 4 is 15.9 Å². The number of aromatic nitrogens is 2. The molecule has 0 aliphatic carbocycles. The quantitative estimate of drug-likeness (QED) is 0.812. The fourth-order valence-electron chi connectivity index (χ4n) is 1.69. The van der Waals surface area contributed by atoms with E-state index in [4.69, 9.17) is 0 Å². The highest BCUT2D eigenvalue weighted by atomic mass is 79.9. The number of hydrogen-bond donors (Lipinski definition) is 0. The summed E-state index contributed by atoms with van der Waals surface area (Å²) in [5.41, 5.74) is 3.64. The maximum Gasteiger partial charge on any atom is 0.0649 e. The van der Waals surface area contributed by atoms with Crippen LogP contribution in [0.4, 0.5) is 0 Å². The van der Waals surface area contributed by atoms with E-state index in [1.54, 1.807) is 0 Å². The smallest absolute Gasteiger partial charge is 0.0649 e. The summed E-state index contributed by atoms with van der Waals surface area (Å²) in [5, 5.41) is 4.39. The van der Waals surface area contributed by atoms with E-state index in [1.165, 1.54) is 11.3 Å². The molecule has 78 valence electrons. The van der Waals surface area contributed by atoms with Crippen LogP contribution < -0.4 is 0 Å². The lowest BCUT2D eigenvalue weighted by molar-refractivity contribution is 0.811. The van der Waals surface area contributed by atoms with E-state index in [9.17, 15) is 0 Å². The van der Waals surface area contributed by atoms with Crippen molar-refractivity contribution in [2.45, 2.75) is 20.3 Å². The molecule has 0 saturated heterocycles. The van der Waals surface area contributed by atoms with Crippen LogP contribution in [0.5, 0.6) is 0 Å². The molecule has 3 heteroatoms. The molecule has 2 nitrogen and oxygen atoms in total. The molecule has 0 radical (unpaired) electrons. The molecular weight excluding hydrogens is 252 g/mol. The summed E-state index contributed by atoms with van der Waals surface area (Å²) in [6.45, 7) is 4.25. The topological polar surface area (TPSA) is 17.8 Å². The molecule has 0 aliphatic heterocycles. The Kier molecular flexibility index (Phi) is 2.91. The van der Waals surface area contributed by atoms with Gasteiger partial charge in [-0.2, -0.15) is 5.10 Å². The second-order valence-electron chi connectivity index (χ2n) is 3.52. The number of benzene rings is 1. The Morgan fingerprint density at radius 3 is 2.53 bits per heavy atom. The zero-order chi connectivity index (χ0) is 10.8. The van der Waals surface area contributed by atoms with Crippen molar-refractivity contribution in [1.82, 2.24) is 9.78 Å². The van der Waals surface area contributed by atoms with Crippen LogP contribution in [-0.4, -0.2) is 9.78 Å². The zero-order valence-corrected chi connectivity index (χ0v) is 10.5. The summed E-state index contributed by atoms with van der Waals surface area (Å²) in [7, 11) is 0. The molecule has 0 atom stereocenters. The van der Waals surface area contributed by atoms with Crippen molar-refractivity contribution in [3.05, 3.63) is 46.2 Å². The summed E-state index contributed by atoms with van der Waals surface area (Å²) in [6.07, 6.45) is 2.92. The molecule has 0 saturated carbocycles. The van der Waals surface area contributed by atoms with Crippen LogP contribution in [0.2, 0.25) is 0 Å². The van der Waals surface area contributed by atoms with Gasteiger partial charge in [0.25, 0.3) is 0 Å². The van der Waals surface area contributed by atoms with Gasteiger partial charge in [0.05, 0.1) is 11.9 Å². The van der Waals surface area contributed by atoms with Gasteiger partial charge in [0, 0.05) is 10.2 Å². The van der Waals surface area contributed by atoms with Gasteiger partial charge in [0.1, 0.15) is 0 Å². The lowest BCUT2D eigenvalue weighted by Crippen LogP contribution is -2.01. The standard InChI is InChI=1S/C12H13BrN2/c1-3-12-9(2)8-14-15(12)11-6-4-10(13)5-7-11/h4-8H,3H2,1-2H3. The Morgan fingerprint density at radius 1 is 1.27 bits per heavy atom. The van der Waals surface area contributed by atoms with Crippen molar-refractivity contribution in [2.75, 3.05) is 0 Å². The van der Waals surface area contributed by atoms with Crippen LogP contribution in [0.25, 0.3) is 5.69 Å². The molecule has 1 aromatic carbocycles. The second-order valence-corrected chi connectivity index (χ2v) is 4.43. The fraction of sp³-hybridized carbons (Fsp3) is 0.250. The molecule has 1 aromatic heterocycles. The van der Waals surface area contributed by atoms with Gasteiger partial charge in [-0.15, -0.1) is 0 Å². The number of hydrogen-bond acceptors (Lipinski definition) is 1. The molecule has 0 unspecified atom stereocenters. The molecule has 1 heterocycles. The van der Waals surface area contributed by atoms with E-state index < -0.39 is 0 Å². The third kappa shape index (κ3) is 1.97. The molecule has 0 aliphatic rings. The van der Waals surface area contributed by atoms with E-state index >= 15 is 0 Å². The molecule has 2 aromatic rings. The van der Waals surface area contributed by atoms with E-state index in [1.807, 2.05) is 23.0 Å². The summed E-state index contributed by atoms with van der Waals surface area (Å²) >= 11 is 3.43. The normalized spacial score (nSPS) is 10.6.